The Balaban J connectivity index is 1.83. The Hall–Kier alpha value is -3.96. The van der Waals surface area contributed by atoms with E-state index in [0.29, 0.717) is 44.5 Å². The molecular weight excluding hydrogens is 661 g/mol. The molecule has 0 fully saturated rings. The van der Waals surface area contributed by atoms with Crippen LogP contribution >= 0.6 is 0 Å². The van der Waals surface area contributed by atoms with Gasteiger partial charge in [-0.05, 0) is 49.1 Å². The summed E-state index contributed by atoms with van der Waals surface area (Å²) in [6.45, 7) is -0.480. The van der Waals surface area contributed by atoms with E-state index in [-0.39, 0.29) is 29.8 Å². The Kier molecular flexibility index (Phi) is 10.8. The molecule has 0 unspecified atom stereocenters. The van der Waals surface area contributed by atoms with E-state index < -0.39 is 66.6 Å². The normalized spacial score (nSPS) is 12.4. The number of aromatic nitrogens is 1. The number of benzene rings is 3. The molecule has 246 valence electrons. The number of hydrogen-bond acceptors (Lipinski definition) is 9. The molecule has 2 N–H and O–H groups in total. The Labute approximate surface area is 266 Å². The average molecular weight is 693 g/mol. The fraction of sp³-hybridized carbons (Fsp3) is 0.300. The van der Waals surface area contributed by atoms with Crippen LogP contribution in [0.15, 0.2) is 77.7 Å². The monoisotopic (exact) mass is 692 g/mol. The van der Waals surface area contributed by atoms with Crippen molar-refractivity contribution in [1.29, 1.82) is 0 Å². The highest BCUT2D eigenvalue weighted by atomic mass is 32.2. The number of aliphatic carboxylic acids is 1. The number of sulfonamides is 1. The van der Waals surface area contributed by atoms with Gasteiger partial charge in [-0.15, -0.1) is 0 Å². The second-order valence-electron chi connectivity index (χ2n) is 10.6. The summed E-state index contributed by atoms with van der Waals surface area (Å²) >= 11 is 0. The molecule has 4 rings (SSSR count). The first kappa shape index (κ1) is 34.9. The van der Waals surface area contributed by atoms with Gasteiger partial charge in [-0.25, -0.2) is 21.1 Å². The number of nitrogens with zero attached hydrogens (tertiary/aromatic N) is 2. The van der Waals surface area contributed by atoms with Crippen molar-refractivity contribution >= 4 is 63.9 Å². The molecule has 1 aromatic heterocycles. The van der Waals surface area contributed by atoms with E-state index in [9.17, 15) is 43.9 Å². The average Bonchev–Trinajstić information content (AvgIpc) is 2.97. The van der Waals surface area contributed by atoms with Crippen LogP contribution in [0.25, 0.3) is 21.8 Å². The maximum atomic E-state index is 14.4. The van der Waals surface area contributed by atoms with E-state index >= 15 is 0 Å². The van der Waals surface area contributed by atoms with Gasteiger partial charge in [0.15, 0.2) is 6.54 Å². The van der Waals surface area contributed by atoms with E-state index in [0.717, 1.165) is 0 Å². The van der Waals surface area contributed by atoms with Crippen molar-refractivity contribution in [2.75, 3.05) is 18.1 Å². The number of rotatable bonds is 15. The van der Waals surface area contributed by atoms with Crippen molar-refractivity contribution in [3.8, 4) is 0 Å². The minimum atomic E-state index is -4.72. The molecule has 16 heteroatoms. The highest BCUT2D eigenvalue weighted by molar-refractivity contribution is 7.89. The molecule has 0 saturated heterocycles. The van der Waals surface area contributed by atoms with Gasteiger partial charge in [0.1, 0.15) is 0 Å². The number of carbonyl (C=O) groups excluding carboxylic acids is 1. The van der Waals surface area contributed by atoms with Crippen LogP contribution in [0, 0.1) is 0 Å². The topological polar surface area (TPSA) is 207 Å². The number of para-hydroxylation sites is 2. The summed E-state index contributed by atoms with van der Waals surface area (Å²) in [6, 6.07) is 18.8. The Morgan fingerprint density at radius 3 is 1.85 bits per heavy atom. The molecule has 0 spiro atoms. The van der Waals surface area contributed by atoms with Gasteiger partial charge in [-0.2, -0.15) is 13.0 Å². The standard InChI is InChI=1S/C30H32N2O11S3/c33-28(34)13-5-8-22-14-16-23(17-15-22)46(42,43)32(19-7-21-45(39,40)41)30(35)29-24-9-1-3-11-26(24)31(18-6-20-44(36,37)38)27-12-4-2-10-25(27)29/h1-4,9-12,14-17H,5-8,13,18-21H2,(H2-,33,34,36,37,38,39,40,41). The third-order valence-electron chi connectivity index (χ3n) is 7.28. The zero-order valence-electron chi connectivity index (χ0n) is 24.5. The van der Waals surface area contributed by atoms with Gasteiger partial charge in [0, 0.05) is 37.3 Å². The van der Waals surface area contributed by atoms with E-state index in [1.165, 1.54) is 24.3 Å². The Morgan fingerprint density at radius 1 is 0.761 bits per heavy atom. The van der Waals surface area contributed by atoms with Crippen LogP contribution in [-0.4, -0.2) is 73.7 Å². The molecule has 1 amide bonds. The lowest BCUT2D eigenvalue weighted by molar-refractivity contribution is -0.645. The number of pyridine rings is 1. The van der Waals surface area contributed by atoms with Crippen molar-refractivity contribution in [1.82, 2.24) is 4.31 Å². The molecule has 0 radical (unpaired) electrons. The lowest BCUT2D eigenvalue weighted by atomic mass is 10.0. The first-order chi connectivity index (χ1) is 21.6. The van der Waals surface area contributed by atoms with Crippen LogP contribution in [0.3, 0.4) is 0 Å². The second kappa shape index (κ2) is 14.2. The van der Waals surface area contributed by atoms with Crippen molar-refractivity contribution in [2.45, 2.75) is 43.5 Å². The smallest absolute Gasteiger partial charge is 0.303 e. The summed E-state index contributed by atoms with van der Waals surface area (Å²) in [5.74, 6) is -3.33. The molecule has 0 bridgehead atoms. The summed E-state index contributed by atoms with van der Waals surface area (Å²) in [6.07, 6.45) is 0.233. The number of hydrogen-bond donors (Lipinski definition) is 2. The van der Waals surface area contributed by atoms with Gasteiger partial charge in [-0.1, -0.05) is 36.4 Å². The molecular formula is C30H32N2O11S3. The zero-order valence-corrected chi connectivity index (χ0v) is 26.9. The minimum Gasteiger partial charge on any atom is -0.748 e. The van der Waals surface area contributed by atoms with Gasteiger partial charge in [0.2, 0.25) is 11.0 Å². The van der Waals surface area contributed by atoms with Gasteiger partial charge in [-0.3, -0.25) is 14.1 Å². The van der Waals surface area contributed by atoms with E-state index in [1.807, 2.05) is 0 Å². The third kappa shape index (κ3) is 8.64. The number of aryl methyl sites for hydroxylation is 2. The van der Waals surface area contributed by atoms with Crippen LogP contribution in [0.4, 0.5) is 0 Å². The highest BCUT2D eigenvalue weighted by Crippen LogP contribution is 2.29. The number of amides is 1. The molecule has 1 heterocycles. The van der Waals surface area contributed by atoms with Gasteiger partial charge in [0.25, 0.3) is 26.0 Å². The highest BCUT2D eigenvalue weighted by Gasteiger charge is 2.34. The van der Waals surface area contributed by atoms with Gasteiger partial charge in [0.05, 0.1) is 37.1 Å². The lowest BCUT2D eigenvalue weighted by Gasteiger charge is -2.24. The van der Waals surface area contributed by atoms with E-state index in [1.54, 1.807) is 53.1 Å². The summed E-state index contributed by atoms with van der Waals surface area (Å²) in [5, 5.41) is 9.55. The quantitative estimate of drug-likeness (QED) is 0.105. The molecule has 4 aromatic rings. The van der Waals surface area contributed by atoms with E-state index in [4.69, 9.17) is 5.11 Å². The van der Waals surface area contributed by atoms with E-state index in [2.05, 4.69) is 0 Å². The van der Waals surface area contributed by atoms with Gasteiger partial charge >= 0.3 is 5.97 Å². The Bertz CT molecular complexity index is 2040. The van der Waals surface area contributed by atoms with Crippen LogP contribution < -0.4 is 4.57 Å². The maximum Gasteiger partial charge on any atom is 0.303 e. The van der Waals surface area contributed by atoms with Crippen LogP contribution in [-0.2, 0) is 48.0 Å². The van der Waals surface area contributed by atoms with Crippen molar-refractivity contribution < 1.29 is 53.6 Å². The van der Waals surface area contributed by atoms with Gasteiger partial charge < -0.3 is 9.66 Å². The van der Waals surface area contributed by atoms with Crippen molar-refractivity contribution in [2.24, 2.45) is 0 Å². The minimum absolute atomic E-state index is 0.00363. The predicted molar refractivity (Wildman–Crippen MR) is 167 cm³/mol. The predicted octanol–water partition coefficient (Wildman–Crippen LogP) is 2.73. The number of carbonyl (C=O) groups is 2. The SMILES string of the molecule is O=C(O)CCCc1ccc(S(=O)(=O)N(CCCS(=O)(=O)[O-])C(=O)c2c3ccccc3[n+](CCCS(=O)(=O)O)c3ccccc23)cc1. The molecule has 13 nitrogen and oxygen atoms in total. The van der Waals surface area contributed by atoms with Crippen LogP contribution in [0.1, 0.15) is 41.6 Å². The summed E-state index contributed by atoms with van der Waals surface area (Å²) in [7, 11) is -13.6. The molecule has 3 aromatic carbocycles. The molecule has 46 heavy (non-hydrogen) atoms. The summed E-state index contributed by atoms with van der Waals surface area (Å²) in [5.41, 5.74) is 1.63. The molecule has 0 aliphatic rings. The molecule has 0 atom stereocenters. The third-order valence-corrected chi connectivity index (χ3v) is 10.7. The fourth-order valence-corrected chi connectivity index (χ4v) is 7.62. The Morgan fingerprint density at radius 2 is 1.33 bits per heavy atom. The summed E-state index contributed by atoms with van der Waals surface area (Å²) in [4.78, 5) is 25.0. The zero-order chi connectivity index (χ0) is 33.7. The van der Waals surface area contributed by atoms with Crippen molar-refractivity contribution in [3.05, 3.63) is 83.9 Å². The first-order valence-electron chi connectivity index (χ1n) is 14.2. The summed E-state index contributed by atoms with van der Waals surface area (Å²) < 4.78 is 96.4. The van der Waals surface area contributed by atoms with Crippen LogP contribution in [0.2, 0.25) is 0 Å². The van der Waals surface area contributed by atoms with Crippen molar-refractivity contribution in [3.63, 3.8) is 0 Å². The number of carboxylic acids is 1. The second-order valence-corrected chi connectivity index (χ2v) is 15.5. The van der Waals surface area contributed by atoms with Crippen LogP contribution in [0.5, 0.6) is 0 Å². The fourth-order valence-electron chi connectivity index (χ4n) is 5.23. The number of fused-ring (bicyclic) bond motifs is 2. The maximum absolute atomic E-state index is 14.4. The lowest BCUT2D eigenvalue weighted by Crippen LogP contribution is -2.41. The molecule has 0 aliphatic heterocycles. The molecule has 0 aliphatic carbocycles. The largest absolute Gasteiger partial charge is 0.748 e. The molecule has 0 saturated carbocycles. The number of carboxylic acid groups (broad SMARTS) is 1. The first-order valence-corrected chi connectivity index (χ1v) is 18.8.